The second-order valence-electron chi connectivity index (χ2n) is 1.23. The maximum atomic E-state index is 5.22. The molecule has 0 N–H and O–H groups in total. The van der Waals surface area contributed by atoms with Crippen LogP contribution >= 0.6 is 11.6 Å². The van der Waals surface area contributed by atoms with E-state index in [-0.39, 0.29) is 0 Å². The Bertz CT molecular complexity index is 95.6. The zero-order chi connectivity index (χ0) is 6.24. The van der Waals surface area contributed by atoms with E-state index in [1.54, 1.807) is 6.08 Å². The molecule has 0 aromatic rings. The van der Waals surface area contributed by atoms with Crippen molar-refractivity contribution in [2.45, 2.75) is 6.92 Å². The van der Waals surface area contributed by atoms with Crippen molar-refractivity contribution in [2.75, 3.05) is 0 Å². The SMILES string of the molecule is CC=CC=CC=CCl. The van der Waals surface area contributed by atoms with Crippen LogP contribution in [0.1, 0.15) is 6.92 Å². The Hall–Kier alpha value is -0.490. The van der Waals surface area contributed by atoms with Crippen molar-refractivity contribution in [3.8, 4) is 0 Å². The fourth-order valence-electron chi connectivity index (χ4n) is 0.281. The maximum absolute atomic E-state index is 5.22. The summed E-state index contributed by atoms with van der Waals surface area (Å²) in [5.41, 5.74) is 1.47. The zero-order valence-corrected chi connectivity index (χ0v) is 5.60. The lowest BCUT2D eigenvalue weighted by Gasteiger charge is -1.67. The Morgan fingerprint density at radius 3 is 2.12 bits per heavy atom. The Balaban J connectivity index is 3.35. The van der Waals surface area contributed by atoms with Crippen LogP contribution in [-0.2, 0) is 0 Å². The molecule has 0 aromatic carbocycles. The van der Waals surface area contributed by atoms with Crippen LogP contribution in [0.25, 0.3) is 0 Å². The van der Waals surface area contributed by atoms with Crippen molar-refractivity contribution in [1.29, 1.82) is 0 Å². The molecule has 0 bridgehead atoms. The molecule has 44 valence electrons. The van der Waals surface area contributed by atoms with Gasteiger partial charge in [-0.2, -0.15) is 0 Å². The molecule has 0 nitrogen and oxygen atoms in total. The van der Waals surface area contributed by atoms with Crippen LogP contribution < -0.4 is 0 Å². The first-order valence-electron chi connectivity index (χ1n) is 2.46. The van der Waals surface area contributed by atoms with E-state index in [1.165, 1.54) is 5.54 Å². The van der Waals surface area contributed by atoms with E-state index in [0.717, 1.165) is 0 Å². The highest BCUT2D eigenvalue weighted by Crippen LogP contribution is 1.81. The van der Waals surface area contributed by atoms with Gasteiger partial charge in [-0.15, -0.1) is 0 Å². The quantitative estimate of drug-likeness (QED) is 0.502. The minimum absolute atomic E-state index is 1.47. The highest BCUT2D eigenvalue weighted by molar-refractivity contribution is 6.25. The summed E-state index contributed by atoms with van der Waals surface area (Å²) in [6.45, 7) is 1.97. The lowest BCUT2D eigenvalue weighted by Crippen LogP contribution is -1.44. The molecule has 0 unspecified atom stereocenters. The first kappa shape index (κ1) is 7.51. The van der Waals surface area contributed by atoms with Gasteiger partial charge in [-0.05, 0) is 6.92 Å². The van der Waals surface area contributed by atoms with Gasteiger partial charge in [-0.3, -0.25) is 0 Å². The molecule has 1 heteroatoms. The molecule has 0 fully saturated rings. The Kier molecular flexibility index (Phi) is 6.11. The molecule has 0 heterocycles. The summed E-state index contributed by atoms with van der Waals surface area (Å²) in [6, 6.07) is 0. The second kappa shape index (κ2) is 6.51. The molecule has 0 amide bonds. The Labute approximate surface area is 55.2 Å². The number of hydrogen-bond donors (Lipinski definition) is 0. The van der Waals surface area contributed by atoms with E-state index in [9.17, 15) is 0 Å². The summed E-state index contributed by atoms with van der Waals surface area (Å²) in [4.78, 5) is 0. The highest BCUT2D eigenvalue weighted by Gasteiger charge is 1.56. The van der Waals surface area contributed by atoms with Crippen LogP contribution in [0, 0.1) is 0 Å². The third-order valence-corrected chi connectivity index (χ3v) is 0.744. The van der Waals surface area contributed by atoms with E-state index in [1.807, 2.05) is 31.2 Å². The van der Waals surface area contributed by atoms with Crippen molar-refractivity contribution >= 4 is 11.6 Å². The van der Waals surface area contributed by atoms with Crippen molar-refractivity contribution in [3.63, 3.8) is 0 Å². The number of allylic oxidation sites excluding steroid dienone is 5. The minimum Gasteiger partial charge on any atom is -0.0930 e. The molecule has 0 aliphatic carbocycles. The zero-order valence-electron chi connectivity index (χ0n) is 4.84. The third-order valence-electron chi connectivity index (χ3n) is 0.599. The second-order valence-corrected chi connectivity index (χ2v) is 1.48. The van der Waals surface area contributed by atoms with Gasteiger partial charge in [-0.25, -0.2) is 0 Å². The van der Waals surface area contributed by atoms with E-state index in [4.69, 9.17) is 11.6 Å². The monoisotopic (exact) mass is 128 g/mol. The molecular weight excluding hydrogens is 120 g/mol. The molecular formula is C7H9Cl. The Morgan fingerprint density at radius 1 is 1.00 bits per heavy atom. The van der Waals surface area contributed by atoms with Gasteiger partial charge < -0.3 is 0 Å². The van der Waals surface area contributed by atoms with Crippen LogP contribution in [0.2, 0.25) is 0 Å². The normalized spacial score (nSPS) is 12.8. The predicted octanol–water partition coefficient (Wildman–Crippen LogP) is 2.87. The van der Waals surface area contributed by atoms with Gasteiger partial charge in [0, 0.05) is 5.54 Å². The standard InChI is InChI=1S/C7H9Cl/c1-2-3-4-5-6-7-8/h2-7H,1H3. The van der Waals surface area contributed by atoms with Crippen molar-refractivity contribution < 1.29 is 0 Å². The fourth-order valence-corrected chi connectivity index (χ4v) is 0.365. The maximum Gasteiger partial charge on any atom is 0.00424 e. The van der Waals surface area contributed by atoms with Gasteiger partial charge in [0.05, 0.1) is 0 Å². The minimum atomic E-state index is 1.47. The number of hydrogen-bond acceptors (Lipinski definition) is 0. The average molecular weight is 129 g/mol. The lowest BCUT2D eigenvalue weighted by atomic mass is 10.4. The van der Waals surface area contributed by atoms with Gasteiger partial charge in [0.2, 0.25) is 0 Å². The van der Waals surface area contributed by atoms with Crippen LogP contribution in [0.3, 0.4) is 0 Å². The summed E-state index contributed by atoms with van der Waals surface area (Å²) in [5, 5.41) is 0. The molecule has 0 aromatic heterocycles. The van der Waals surface area contributed by atoms with Gasteiger partial charge in [-0.1, -0.05) is 42.0 Å². The highest BCUT2D eigenvalue weighted by atomic mass is 35.5. The van der Waals surface area contributed by atoms with Crippen LogP contribution in [0.15, 0.2) is 35.9 Å². The molecule has 0 aliphatic rings. The molecule has 0 aliphatic heterocycles. The number of rotatable bonds is 2. The summed E-state index contributed by atoms with van der Waals surface area (Å²) >= 11 is 5.22. The Morgan fingerprint density at radius 2 is 1.62 bits per heavy atom. The fraction of sp³-hybridized carbons (Fsp3) is 0.143. The molecule has 0 atom stereocenters. The van der Waals surface area contributed by atoms with Gasteiger partial charge in [0.15, 0.2) is 0 Å². The average Bonchev–Trinajstić information content (AvgIpc) is 1.81. The largest absolute Gasteiger partial charge is 0.0930 e. The van der Waals surface area contributed by atoms with Gasteiger partial charge in [0.25, 0.3) is 0 Å². The summed E-state index contributed by atoms with van der Waals surface area (Å²) < 4.78 is 0. The first-order valence-corrected chi connectivity index (χ1v) is 2.90. The van der Waals surface area contributed by atoms with Crippen molar-refractivity contribution in [1.82, 2.24) is 0 Å². The topological polar surface area (TPSA) is 0 Å². The first-order chi connectivity index (χ1) is 3.91. The smallest absolute Gasteiger partial charge is 0.00424 e. The van der Waals surface area contributed by atoms with Crippen molar-refractivity contribution in [3.05, 3.63) is 35.9 Å². The molecule has 8 heavy (non-hydrogen) atoms. The van der Waals surface area contributed by atoms with Crippen LogP contribution in [0.4, 0.5) is 0 Å². The summed E-state index contributed by atoms with van der Waals surface area (Å²) in [5.74, 6) is 0. The molecule has 0 saturated heterocycles. The van der Waals surface area contributed by atoms with Crippen LogP contribution in [-0.4, -0.2) is 0 Å². The lowest BCUT2D eigenvalue weighted by molar-refractivity contribution is 1.73. The predicted molar refractivity (Wildman–Crippen MR) is 38.9 cm³/mol. The molecule has 0 saturated carbocycles. The third kappa shape index (κ3) is 5.51. The number of halogens is 1. The van der Waals surface area contributed by atoms with E-state index in [0.29, 0.717) is 0 Å². The summed E-state index contributed by atoms with van der Waals surface area (Å²) in [7, 11) is 0. The van der Waals surface area contributed by atoms with Crippen molar-refractivity contribution in [2.24, 2.45) is 0 Å². The molecule has 0 rings (SSSR count). The van der Waals surface area contributed by atoms with E-state index in [2.05, 4.69) is 0 Å². The summed E-state index contributed by atoms with van der Waals surface area (Å²) in [6.07, 6.45) is 9.45. The van der Waals surface area contributed by atoms with E-state index < -0.39 is 0 Å². The van der Waals surface area contributed by atoms with Gasteiger partial charge >= 0.3 is 0 Å². The van der Waals surface area contributed by atoms with Gasteiger partial charge in [0.1, 0.15) is 0 Å². The molecule has 0 spiro atoms. The van der Waals surface area contributed by atoms with E-state index >= 15 is 0 Å². The van der Waals surface area contributed by atoms with Crippen LogP contribution in [0.5, 0.6) is 0 Å². The molecule has 0 radical (unpaired) electrons.